The summed E-state index contributed by atoms with van der Waals surface area (Å²) >= 11 is 7.18. The van der Waals surface area contributed by atoms with Crippen molar-refractivity contribution < 1.29 is 9.05 Å². The minimum absolute atomic E-state index is 0.142. The first kappa shape index (κ1) is 15.9. The third-order valence-corrected chi connectivity index (χ3v) is 7.05. The van der Waals surface area contributed by atoms with Gasteiger partial charge in [-0.3, -0.25) is 0 Å². The lowest BCUT2D eigenvalue weighted by atomic mass is 10.4. The average Bonchev–Trinajstić information content (AvgIpc) is 2.00. The van der Waals surface area contributed by atoms with Crippen LogP contribution in [-0.2, 0) is 20.9 Å². The molecule has 0 radical (unpaired) electrons. The maximum atomic E-state index is 5.76. The molecule has 0 aromatic rings. The van der Waals surface area contributed by atoms with Crippen LogP contribution in [0.2, 0.25) is 0 Å². The Morgan fingerprint density at radius 3 is 1.93 bits per heavy atom. The first-order valence-corrected chi connectivity index (χ1v) is 9.74. The van der Waals surface area contributed by atoms with Crippen LogP contribution in [0.25, 0.3) is 0 Å². The molecule has 0 spiro atoms. The largest absolute Gasteiger partial charge is 0.319 e. The lowest BCUT2D eigenvalue weighted by Crippen LogP contribution is -2.06. The van der Waals surface area contributed by atoms with Crippen LogP contribution in [0.15, 0.2) is 0 Å². The average molecular weight is 270 g/mol. The van der Waals surface area contributed by atoms with E-state index in [1.165, 1.54) is 12.8 Å². The molecule has 0 aromatic carbocycles. The zero-order valence-electron chi connectivity index (χ0n) is 10.4. The lowest BCUT2D eigenvalue weighted by Gasteiger charge is -2.25. The molecule has 0 amide bonds. The Bertz CT molecular complexity index is 194. The van der Waals surface area contributed by atoms with E-state index in [1.807, 2.05) is 27.7 Å². The van der Waals surface area contributed by atoms with Crippen LogP contribution in [0.4, 0.5) is 0 Å². The highest BCUT2D eigenvalue weighted by Gasteiger charge is 2.22. The highest BCUT2D eigenvalue weighted by atomic mass is 32.9. The highest BCUT2D eigenvalue weighted by Crippen LogP contribution is 2.62. The van der Waals surface area contributed by atoms with Crippen molar-refractivity contribution in [3.05, 3.63) is 0 Å². The molecule has 0 aliphatic heterocycles. The Morgan fingerprint density at radius 1 is 1.13 bits per heavy atom. The van der Waals surface area contributed by atoms with Gasteiger partial charge in [0.15, 0.2) is 0 Å². The maximum absolute atomic E-state index is 5.76. The molecular formula is C10H23O2PS2. The molecule has 0 rings (SSSR count). The van der Waals surface area contributed by atoms with Crippen molar-refractivity contribution >= 4 is 28.9 Å². The van der Waals surface area contributed by atoms with Gasteiger partial charge in [0.1, 0.15) is 0 Å². The summed E-state index contributed by atoms with van der Waals surface area (Å²) in [6.45, 7) is 10.2. The van der Waals surface area contributed by atoms with Gasteiger partial charge in [0, 0.05) is 5.75 Å². The molecule has 0 aliphatic rings. The molecular weight excluding hydrogens is 247 g/mol. The Morgan fingerprint density at radius 2 is 1.60 bits per heavy atom. The van der Waals surface area contributed by atoms with Crippen molar-refractivity contribution in [2.75, 3.05) is 5.75 Å². The molecule has 0 aromatic heterocycles. The maximum Gasteiger partial charge on any atom is 0.247 e. The Kier molecular flexibility index (Phi) is 8.57. The van der Waals surface area contributed by atoms with E-state index in [4.69, 9.17) is 20.9 Å². The summed E-state index contributed by atoms with van der Waals surface area (Å²) < 4.78 is 11.5. The van der Waals surface area contributed by atoms with Crippen molar-refractivity contribution in [3.63, 3.8) is 0 Å². The van der Waals surface area contributed by atoms with Crippen molar-refractivity contribution in [3.8, 4) is 0 Å². The van der Waals surface area contributed by atoms with Gasteiger partial charge in [-0.25, -0.2) is 0 Å². The van der Waals surface area contributed by atoms with E-state index in [2.05, 4.69) is 6.92 Å². The van der Waals surface area contributed by atoms with Gasteiger partial charge in [-0.05, 0) is 45.9 Å². The van der Waals surface area contributed by atoms with Gasteiger partial charge in [-0.1, -0.05) is 24.7 Å². The van der Waals surface area contributed by atoms with Crippen LogP contribution in [0.3, 0.4) is 0 Å². The predicted octanol–water partition coefficient (Wildman–Crippen LogP) is 4.59. The fraction of sp³-hybridized carbons (Fsp3) is 1.00. The van der Waals surface area contributed by atoms with Gasteiger partial charge in [0.05, 0.1) is 12.2 Å². The number of rotatable bonds is 8. The van der Waals surface area contributed by atoms with E-state index in [9.17, 15) is 0 Å². The molecule has 0 saturated heterocycles. The fourth-order valence-corrected chi connectivity index (χ4v) is 6.93. The SMILES string of the molecule is CCCCSP(=S)(OC(C)C)OC(C)C. The number of hydrogen-bond donors (Lipinski definition) is 0. The monoisotopic (exact) mass is 270 g/mol. The van der Waals surface area contributed by atoms with Crippen LogP contribution in [0, 0.1) is 0 Å². The van der Waals surface area contributed by atoms with Gasteiger partial charge < -0.3 is 9.05 Å². The molecule has 0 fully saturated rings. The molecule has 5 heteroatoms. The van der Waals surface area contributed by atoms with E-state index in [-0.39, 0.29) is 12.2 Å². The first-order chi connectivity index (χ1) is 6.89. The summed E-state index contributed by atoms with van der Waals surface area (Å²) in [7, 11) is 0. The van der Waals surface area contributed by atoms with Crippen LogP contribution in [0.1, 0.15) is 47.5 Å². The zero-order chi connectivity index (χ0) is 11.9. The molecule has 15 heavy (non-hydrogen) atoms. The fourth-order valence-electron chi connectivity index (χ4n) is 0.923. The second kappa shape index (κ2) is 8.08. The number of unbranched alkanes of at least 4 members (excludes halogenated alkanes) is 1. The molecule has 0 heterocycles. The summed E-state index contributed by atoms with van der Waals surface area (Å²) in [5.41, 5.74) is -2.11. The Balaban J connectivity index is 4.21. The Labute approximate surface area is 103 Å². The highest BCUT2D eigenvalue weighted by molar-refractivity contribution is 8.67. The van der Waals surface area contributed by atoms with Gasteiger partial charge in [0.2, 0.25) is 5.69 Å². The van der Waals surface area contributed by atoms with Crippen molar-refractivity contribution in [1.82, 2.24) is 0 Å². The van der Waals surface area contributed by atoms with Gasteiger partial charge in [-0.2, -0.15) is 0 Å². The summed E-state index contributed by atoms with van der Waals surface area (Å²) in [6.07, 6.45) is 2.64. The topological polar surface area (TPSA) is 18.5 Å². The standard InChI is InChI=1S/C10H23O2PS2/c1-6-7-8-15-13(14,11-9(2)3)12-10(4)5/h9-10H,6-8H2,1-5H3. The van der Waals surface area contributed by atoms with Crippen molar-refractivity contribution in [2.24, 2.45) is 0 Å². The van der Waals surface area contributed by atoms with Crippen LogP contribution in [-0.4, -0.2) is 18.0 Å². The summed E-state index contributed by atoms with van der Waals surface area (Å²) in [5, 5.41) is 0. The molecule has 0 aliphatic carbocycles. The molecule has 0 atom stereocenters. The Hall–Kier alpha value is 0.920. The van der Waals surface area contributed by atoms with Gasteiger partial charge >= 0.3 is 0 Å². The van der Waals surface area contributed by atoms with Gasteiger partial charge in [-0.15, -0.1) is 0 Å². The van der Waals surface area contributed by atoms with E-state index >= 15 is 0 Å². The zero-order valence-corrected chi connectivity index (χ0v) is 12.9. The minimum atomic E-state index is -2.11. The van der Waals surface area contributed by atoms with Crippen LogP contribution < -0.4 is 0 Å². The lowest BCUT2D eigenvalue weighted by molar-refractivity contribution is 0.186. The first-order valence-electron chi connectivity index (χ1n) is 5.51. The van der Waals surface area contributed by atoms with Crippen LogP contribution >= 0.6 is 17.1 Å². The van der Waals surface area contributed by atoms with Gasteiger partial charge in [0.25, 0.3) is 0 Å². The second-order valence-corrected chi connectivity index (χ2v) is 10.3. The van der Waals surface area contributed by atoms with E-state index in [0.717, 1.165) is 5.75 Å². The minimum Gasteiger partial charge on any atom is -0.319 e. The van der Waals surface area contributed by atoms with E-state index < -0.39 is 5.69 Å². The smallest absolute Gasteiger partial charge is 0.247 e. The molecule has 92 valence electrons. The summed E-state index contributed by atoms with van der Waals surface area (Å²) in [4.78, 5) is 0. The van der Waals surface area contributed by atoms with E-state index in [0.29, 0.717) is 0 Å². The second-order valence-electron chi connectivity index (χ2n) is 3.94. The quantitative estimate of drug-likeness (QED) is 0.474. The van der Waals surface area contributed by atoms with Crippen molar-refractivity contribution in [2.45, 2.75) is 59.7 Å². The third-order valence-electron chi connectivity index (χ3n) is 1.43. The molecule has 0 saturated carbocycles. The molecule has 2 nitrogen and oxygen atoms in total. The molecule has 0 unspecified atom stereocenters. The summed E-state index contributed by atoms with van der Waals surface area (Å²) in [5.74, 6) is 1.03. The molecule has 0 bridgehead atoms. The predicted molar refractivity (Wildman–Crippen MR) is 74.1 cm³/mol. The molecule has 0 N–H and O–H groups in total. The third kappa shape index (κ3) is 8.70. The normalized spacial score (nSPS) is 12.7. The van der Waals surface area contributed by atoms with Crippen molar-refractivity contribution in [1.29, 1.82) is 0 Å². The number of hydrogen-bond acceptors (Lipinski definition) is 4. The summed E-state index contributed by atoms with van der Waals surface area (Å²) in [6, 6.07) is 0. The van der Waals surface area contributed by atoms with Crippen LogP contribution in [0.5, 0.6) is 0 Å². The van der Waals surface area contributed by atoms with E-state index in [1.54, 1.807) is 11.4 Å².